The first-order chi connectivity index (χ1) is 11.1. The second kappa shape index (κ2) is 7.83. The summed E-state index contributed by atoms with van der Waals surface area (Å²) in [5.74, 6) is 0.240. The first-order valence-corrected chi connectivity index (χ1v) is 8.71. The van der Waals surface area contributed by atoms with Gasteiger partial charge in [-0.2, -0.15) is 11.8 Å². The standard InChI is InChI=1S/C18H20N2O2S/c1-13-15(17(19)21)9-6-10-16(13)20(11-12-23-2)18(22)14-7-4-3-5-8-14/h3-10H,11-12H2,1-2H3,(H2,19,21). The highest BCUT2D eigenvalue weighted by molar-refractivity contribution is 7.98. The summed E-state index contributed by atoms with van der Waals surface area (Å²) in [6, 6.07) is 14.4. The van der Waals surface area contributed by atoms with E-state index in [2.05, 4.69) is 0 Å². The number of nitrogens with two attached hydrogens (primary N) is 1. The van der Waals surface area contributed by atoms with Crippen molar-refractivity contribution in [2.24, 2.45) is 5.73 Å². The molecule has 4 nitrogen and oxygen atoms in total. The van der Waals surface area contributed by atoms with Crippen LogP contribution in [0.3, 0.4) is 0 Å². The molecule has 0 aliphatic heterocycles. The summed E-state index contributed by atoms with van der Waals surface area (Å²) in [4.78, 5) is 26.2. The zero-order valence-electron chi connectivity index (χ0n) is 13.3. The lowest BCUT2D eigenvalue weighted by Crippen LogP contribution is -2.34. The maximum Gasteiger partial charge on any atom is 0.258 e. The number of amides is 2. The Labute approximate surface area is 140 Å². The molecule has 0 unspecified atom stereocenters. The van der Waals surface area contributed by atoms with Crippen molar-refractivity contribution in [3.63, 3.8) is 0 Å². The van der Waals surface area contributed by atoms with Gasteiger partial charge in [0.1, 0.15) is 0 Å². The van der Waals surface area contributed by atoms with E-state index < -0.39 is 5.91 Å². The van der Waals surface area contributed by atoms with Crippen LogP contribution in [-0.2, 0) is 0 Å². The van der Waals surface area contributed by atoms with Crippen LogP contribution in [0.15, 0.2) is 48.5 Å². The Bertz CT molecular complexity index is 701. The number of benzene rings is 2. The maximum atomic E-state index is 12.9. The fourth-order valence-corrected chi connectivity index (χ4v) is 2.80. The van der Waals surface area contributed by atoms with Crippen molar-refractivity contribution in [3.05, 3.63) is 65.2 Å². The molecule has 23 heavy (non-hydrogen) atoms. The van der Waals surface area contributed by atoms with Crippen LogP contribution in [0.25, 0.3) is 0 Å². The van der Waals surface area contributed by atoms with Gasteiger partial charge in [-0.05, 0) is 43.0 Å². The van der Waals surface area contributed by atoms with Crippen LogP contribution >= 0.6 is 11.8 Å². The quantitative estimate of drug-likeness (QED) is 0.886. The number of carbonyl (C=O) groups is 2. The van der Waals surface area contributed by atoms with Crippen molar-refractivity contribution >= 4 is 29.3 Å². The zero-order chi connectivity index (χ0) is 16.8. The smallest absolute Gasteiger partial charge is 0.258 e. The predicted octanol–water partition coefficient (Wildman–Crippen LogP) is 3.10. The Balaban J connectivity index is 2.45. The molecule has 0 bridgehead atoms. The van der Waals surface area contributed by atoms with Crippen molar-refractivity contribution in [2.45, 2.75) is 6.92 Å². The lowest BCUT2D eigenvalue weighted by molar-refractivity contribution is 0.0981. The molecule has 0 heterocycles. The Morgan fingerprint density at radius 1 is 1.09 bits per heavy atom. The number of anilines is 1. The number of thioether (sulfide) groups is 1. The molecule has 2 aromatic rings. The zero-order valence-corrected chi connectivity index (χ0v) is 14.1. The predicted molar refractivity (Wildman–Crippen MR) is 96.2 cm³/mol. The average Bonchev–Trinajstić information content (AvgIpc) is 2.56. The van der Waals surface area contributed by atoms with Crippen LogP contribution < -0.4 is 10.6 Å². The van der Waals surface area contributed by atoms with Gasteiger partial charge in [0, 0.05) is 29.1 Å². The van der Waals surface area contributed by atoms with Crippen molar-refractivity contribution in [1.29, 1.82) is 0 Å². The molecule has 2 aromatic carbocycles. The van der Waals surface area contributed by atoms with Crippen molar-refractivity contribution in [2.75, 3.05) is 23.5 Å². The molecule has 0 atom stereocenters. The minimum Gasteiger partial charge on any atom is -0.366 e. The largest absolute Gasteiger partial charge is 0.366 e. The highest BCUT2D eigenvalue weighted by Gasteiger charge is 2.20. The lowest BCUT2D eigenvalue weighted by atomic mass is 10.0. The minimum atomic E-state index is -0.485. The fraction of sp³-hybridized carbons (Fsp3) is 0.222. The first-order valence-electron chi connectivity index (χ1n) is 7.31. The van der Waals surface area contributed by atoms with Gasteiger partial charge < -0.3 is 10.6 Å². The summed E-state index contributed by atoms with van der Waals surface area (Å²) in [6.45, 7) is 2.39. The first kappa shape index (κ1) is 17.1. The average molecular weight is 328 g/mol. The van der Waals surface area contributed by atoms with Crippen LogP contribution in [0.1, 0.15) is 26.3 Å². The molecule has 2 amide bonds. The van der Waals surface area contributed by atoms with Crippen LogP contribution in [0.2, 0.25) is 0 Å². The van der Waals surface area contributed by atoms with Gasteiger partial charge in [0.15, 0.2) is 0 Å². The third kappa shape index (κ3) is 3.93. The summed E-state index contributed by atoms with van der Waals surface area (Å²) < 4.78 is 0. The highest BCUT2D eigenvalue weighted by atomic mass is 32.2. The number of carbonyl (C=O) groups excluding carboxylic acids is 2. The minimum absolute atomic E-state index is 0.0793. The fourth-order valence-electron chi connectivity index (χ4n) is 2.43. The number of nitrogens with zero attached hydrogens (tertiary/aromatic N) is 1. The second-order valence-corrected chi connectivity index (χ2v) is 6.12. The Kier molecular flexibility index (Phi) is 5.82. The van der Waals surface area contributed by atoms with Gasteiger partial charge >= 0.3 is 0 Å². The summed E-state index contributed by atoms with van der Waals surface area (Å²) in [5, 5.41) is 0. The molecule has 5 heteroatoms. The number of hydrogen-bond donors (Lipinski definition) is 1. The van der Waals surface area contributed by atoms with Gasteiger partial charge in [0.2, 0.25) is 5.91 Å². The van der Waals surface area contributed by atoms with Crippen LogP contribution in [-0.4, -0.2) is 30.4 Å². The van der Waals surface area contributed by atoms with E-state index in [4.69, 9.17) is 5.73 Å². The van der Waals surface area contributed by atoms with E-state index in [1.54, 1.807) is 40.9 Å². The van der Waals surface area contributed by atoms with Gasteiger partial charge in [-0.25, -0.2) is 0 Å². The highest BCUT2D eigenvalue weighted by Crippen LogP contribution is 2.25. The molecule has 0 aromatic heterocycles. The third-order valence-electron chi connectivity index (χ3n) is 3.65. The molecular weight excluding hydrogens is 308 g/mol. The van der Waals surface area contributed by atoms with Crippen LogP contribution in [0, 0.1) is 6.92 Å². The Hall–Kier alpha value is -2.27. The van der Waals surface area contributed by atoms with E-state index in [1.807, 2.05) is 37.4 Å². The van der Waals surface area contributed by atoms with E-state index in [-0.39, 0.29) is 5.91 Å². The number of rotatable bonds is 6. The van der Waals surface area contributed by atoms with Crippen LogP contribution in [0.4, 0.5) is 5.69 Å². The SMILES string of the molecule is CSCCN(C(=O)c1ccccc1)c1cccc(C(N)=O)c1C. The summed E-state index contributed by atoms with van der Waals surface area (Å²) in [7, 11) is 0. The van der Waals surface area contributed by atoms with Gasteiger partial charge in [0.05, 0.1) is 0 Å². The third-order valence-corrected chi connectivity index (χ3v) is 4.24. The van der Waals surface area contributed by atoms with Crippen LogP contribution in [0.5, 0.6) is 0 Å². The molecule has 0 spiro atoms. The molecule has 0 saturated carbocycles. The molecule has 0 aliphatic rings. The van der Waals surface area contributed by atoms with E-state index in [0.29, 0.717) is 17.7 Å². The lowest BCUT2D eigenvalue weighted by Gasteiger charge is -2.25. The molecular formula is C18H20N2O2S. The Morgan fingerprint density at radius 2 is 1.78 bits per heavy atom. The van der Waals surface area contributed by atoms with E-state index in [0.717, 1.165) is 17.0 Å². The Morgan fingerprint density at radius 3 is 2.39 bits per heavy atom. The van der Waals surface area contributed by atoms with Gasteiger partial charge in [0.25, 0.3) is 5.91 Å². The molecule has 0 fully saturated rings. The number of hydrogen-bond acceptors (Lipinski definition) is 3. The van der Waals surface area contributed by atoms with E-state index >= 15 is 0 Å². The summed E-state index contributed by atoms with van der Waals surface area (Å²) in [6.07, 6.45) is 2.00. The van der Waals surface area contributed by atoms with Gasteiger partial charge in [-0.1, -0.05) is 24.3 Å². The normalized spacial score (nSPS) is 10.3. The second-order valence-electron chi connectivity index (χ2n) is 5.13. The molecule has 0 radical (unpaired) electrons. The van der Waals surface area contributed by atoms with Gasteiger partial charge in [-0.3, -0.25) is 9.59 Å². The molecule has 0 saturated heterocycles. The molecule has 2 N–H and O–H groups in total. The van der Waals surface area contributed by atoms with Crippen molar-refractivity contribution in [1.82, 2.24) is 0 Å². The van der Waals surface area contributed by atoms with Crippen molar-refractivity contribution < 1.29 is 9.59 Å². The summed E-state index contributed by atoms with van der Waals surface area (Å²) in [5.41, 5.74) is 7.94. The van der Waals surface area contributed by atoms with E-state index in [1.165, 1.54) is 0 Å². The summed E-state index contributed by atoms with van der Waals surface area (Å²) >= 11 is 1.67. The molecule has 2 rings (SSSR count). The molecule has 0 aliphatic carbocycles. The van der Waals surface area contributed by atoms with Crippen molar-refractivity contribution in [3.8, 4) is 0 Å². The maximum absolute atomic E-state index is 12.9. The van der Waals surface area contributed by atoms with E-state index in [9.17, 15) is 9.59 Å². The molecule has 120 valence electrons. The number of primary amides is 1. The van der Waals surface area contributed by atoms with Gasteiger partial charge in [-0.15, -0.1) is 0 Å². The topological polar surface area (TPSA) is 63.4 Å². The monoisotopic (exact) mass is 328 g/mol.